The maximum atomic E-state index is 11.0. The van der Waals surface area contributed by atoms with Gasteiger partial charge in [-0.25, -0.2) is 9.97 Å². The van der Waals surface area contributed by atoms with Crippen LogP contribution in [0.25, 0.3) is 22.2 Å². The average Bonchev–Trinajstić information content (AvgIpc) is 2.46. The van der Waals surface area contributed by atoms with E-state index in [4.69, 9.17) is 5.73 Å². The summed E-state index contributed by atoms with van der Waals surface area (Å²) in [5, 5.41) is 11.9. The number of hydrogen-bond acceptors (Lipinski definition) is 6. The van der Waals surface area contributed by atoms with Crippen molar-refractivity contribution in [3.63, 3.8) is 0 Å². The summed E-state index contributed by atoms with van der Waals surface area (Å²) in [6.07, 6.45) is 2.80. The first-order valence-corrected chi connectivity index (χ1v) is 5.77. The van der Waals surface area contributed by atoms with Crippen LogP contribution in [0.2, 0.25) is 0 Å². The summed E-state index contributed by atoms with van der Waals surface area (Å²) in [6, 6.07) is 8.98. The minimum atomic E-state index is -0.526. The lowest BCUT2D eigenvalue weighted by Gasteiger charge is -2.04. The third kappa shape index (κ3) is 2.01. The molecule has 0 atom stereocenters. The first-order chi connectivity index (χ1) is 9.65. The molecule has 3 aromatic rings. The van der Waals surface area contributed by atoms with Crippen molar-refractivity contribution in [1.82, 2.24) is 15.0 Å². The molecule has 0 saturated carbocycles. The van der Waals surface area contributed by atoms with Crippen LogP contribution in [0, 0.1) is 10.1 Å². The maximum absolute atomic E-state index is 11.0. The fraction of sp³-hybridized carbons (Fsp3) is 0. The second-order valence-corrected chi connectivity index (χ2v) is 4.13. The van der Waals surface area contributed by atoms with Crippen molar-refractivity contribution < 1.29 is 4.92 Å². The average molecular weight is 267 g/mol. The van der Waals surface area contributed by atoms with Crippen LogP contribution >= 0.6 is 0 Å². The predicted octanol–water partition coefficient (Wildman–Crippen LogP) is 2.18. The van der Waals surface area contributed by atoms with Gasteiger partial charge >= 0.3 is 5.69 Å². The van der Waals surface area contributed by atoms with Gasteiger partial charge in [-0.05, 0) is 18.2 Å². The Bertz CT molecular complexity index is 819. The van der Waals surface area contributed by atoms with Crippen LogP contribution in [0.4, 0.5) is 11.6 Å². The Labute approximate surface area is 113 Å². The van der Waals surface area contributed by atoms with Crippen molar-refractivity contribution in [2.24, 2.45) is 0 Å². The van der Waals surface area contributed by atoms with Gasteiger partial charge in [-0.3, -0.25) is 15.1 Å². The molecular weight excluding hydrogens is 258 g/mol. The summed E-state index contributed by atoms with van der Waals surface area (Å²) in [4.78, 5) is 22.4. The highest BCUT2D eigenvalue weighted by Crippen LogP contribution is 2.29. The number of aromatic nitrogens is 3. The molecule has 20 heavy (non-hydrogen) atoms. The minimum absolute atomic E-state index is 0.00289. The van der Waals surface area contributed by atoms with Gasteiger partial charge in [0.1, 0.15) is 6.20 Å². The Kier molecular flexibility index (Phi) is 2.72. The van der Waals surface area contributed by atoms with E-state index in [1.54, 1.807) is 30.5 Å². The van der Waals surface area contributed by atoms with E-state index in [1.165, 1.54) is 0 Å². The van der Waals surface area contributed by atoms with E-state index in [0.29, 0.717) is 5.56 Å². The van der Waals surface area contributed by atoms with E-state index in [1.807, 2.05) is 6.07 Å². The van der Waals surface area contributed by atoms with E-state index >= 15 is 0 Å². The number of fused-ring (bicyclic) bond motifs is 1. The monoisotopic (exact) mass is 267 g/mol. The van der Waals surface area contributed by atoms with Crippen LogP contribution in [0.5, 0.6) is 0 Å². The van der Waals surface area contributed by atoms with Crippen molar-refractivity contribution in [3.05, 3.63) is 52.8 Å². The molecule has 7 heteroatoms. The molecule has 0 fully saturated rings. The number of rotatable bonds is 2. The van der Waals surface area contributed by atoms with E-state index in [9.17, 15) is 10.1 Å². The topological polar surface area (TPSA) is 108 Å². The number of nitrogens with two attached hydrogens (primary N) is 1. The zero-order valence-corrected chi connectivity index (χ0v) is 10.2. The molecule has 0 spiro atoms. The smallest absolute Gasteiger partial charge is 0.313 e. The Morgan fingerprint density at radius 1 is 1.20 bits per heavy atom. The van der Waals surface area contributed by atoms with Gasteiger partial charge in [0.2, 0.25) is 5.95 Å². The van der Waals surface area contributed by atoms with Gasteiger partial charge in [0.15, 0.2) is 5.69 Å². The highest BCUT2D eigenvalue weighted by atomic mass is 16.6. The minimum Gasteiger partial charge on any atom is -0.368 e. The summed E-state index contributed by atoms with van der Waals surface area (Å²) < 4.78 is 0. The van der Waals surface area contributed by atoms with E-state index in [0.717, 1.165) is 17.1 Å². The normalized spacial score (nSPS) is 10.6. The first-order valence-electron chi connectivity index (χ1n) is 5.77. The SMILES string of the molecule is Nc1ncc([N+](=O)[O-])c(-c2ccc3ncccc3c2)n1. The molecule has 0 aliphatic rings. The van der Waals surface area contributed by atoms with Crippen LogP contribution < -0.4 is 5.73 Å². The summed E-state index contributed by atoms with van der Waals surface area (Å²) >= 11 is 0. The van der Waals surface area contributed by atoms with Crippen LogP contribution in [0.15, 0.2) is 42.7 Å². The van der Waals surface area contributed by atoms with Gasteiger partial charge < -0.3 is 5.73 Å². The fourth-order valence-electron chi connectivity index (χ4n) is 1.96. The second kappa shape index (κ2) is 4.54. The number of nitrogens with zero attached hydrogens (tertiary/aromatic N) is 4. The molecule has 0 unspecified atom stereocenters. The molecule has 2 N–H and O–H groups in total. The van der Waals surface area contributed by atoms with Crippen LogP contribution in [0.1, 0.15) is 0 Å². The van der Waals surface area contributed by atoms with Crippen molar-refractivity contribution in [3.8, 4) is 11.3 Å². The highest BCUT2D eigenvalue weighted by molar-refractivity contribution is 5.85. The summed E-state index contributed by atoms with van der Waals surface area (Å²) in [5.74, 6) is -0.00289. The van der Waals surface area contributed by atoms with Crippen molar-refractivity contribution in [2.45, 2.75) is 0 Å². The van der Waals surface area contributed by atoms with E-state index in [-0.39, 0.29) is 17.3 Å². The Morgan fingerprint density at radius 3 is 2.85 bits per heavy atom. The Balaban J connectivity index is 2.24. The molecule has 0 bridgehead atoms. The van der Waals surface area contributed by atoms with Gasteiger partial charge in [0, 0.05) is 17.1 Å². The molecule has 0 aliphatic heterocycles. The quantitative estimate of drug-likeness (QED) is 0.563. The third-order valence-electron chi connectivity index (χ3n) is 2.86. The fourth-order valence-corrected chi connectivity index (χ4v) is 1.96. The van der Waals surface area contributed by atoms with Gasteiger partial charge in [0.25, 0.3) is 0 Å². The third-order valence-corrected chi connectivity index (χ3v) is 2.86. The molecule has 7 nitrogen and oxygen atoms in total. The lowest BCUT2D eigenvalue weighted by atomic mass is 10.1. The zero-order chi connectivity index (χ0) is 14.1. The lowest BCUT2D eigenvalue weighted by molar-refractivity contribution is -0.384. The standard InChI is InChI=1S/C13H9N5O2/c14-13-16-7-11(18(19)20)12(17-13)9-3-4-10-8(6-9)2-1-5-15-10/h1-7H,(H2,14,16,17). The molecule has 98 valence electrons. The largest absolute Gasteiger partial charge is 0.368 e. The first kappa shape index (κ1) is 12.0. The van der Waals surface area contributed by atoms with Gasteiger partial charge in [-0.2, -0.15) is 0 Å². The molecule has 2 heterocycles. The van der Waals surface area contributed by atoms with Crippen LogP contribution in [-0.2, 0) is 0 Å². The number of anilines is 1. The molecule has 2 aromatic heterocycles. The lowest BCUT2D eigenvalue weighted by Crippen LogP contribution is -2.01. The Morgan fingerprint density at radius 2 is 2.05 bits per heavy atom. The summed E-state index contributed by atoms with van der Waals surface area (Å²) in [6.45, 7) is 0. The Hall–Kier alpha value is -3.09. The van der Waals surface area contributed by atoms with Crippen molar-refractivity contribution in [1.29, 1.82) is 0 Å². The van der Waals surface area contributed by atoms with Gasteiger partial charge in [0.05, 0.1) is 10.4 Å². The summed E-state index contributed by atoms with van der Waals surface area (Å²) in [7, 11) is 0. The molecule has 0 aliphatic carbocycles. The highest BCUT2D eigenvalue weighted by Gasteiger charge is 2.18. The molecule has 1 aromatic carbocycles. The maximum Gasteiger partial charge on any atom is 0.313 e. The van der Waals surface area contributed by atoms with Crippen molar-refractivity contribution in [2.75, 3.05) is 5.73 Å². The number of nitrogen functional groups attached to an aromatic ring is 1. The number of nitro groups is 1. The number of pyridine rings is 1. The molecule has 0 amide bonds. The predicted molar refractivity (Wildman–Crippen MR) is 73.8 cm³/mol. The number of hydrogen-bond donors (Lipinski definition) is 1. The van der Waals surface area contributed by atoms with Crippen molar-refractivity contribution >= 4 is 22.5 Å². The van der Waals surface area contributed by atoms with E-state index < -0.39 is 4.92 Å². The molecular formula is C13H9N5O2. The number of benzene rings is 1. The van der Waals surface area contributed by atoms with Crippen LogP contribution in [-0.4, -0.2) is 19.9 Å². The van der Waals surface area contributed by atoms with Gasteiger partial charge in [-0.1, -0.05) is 12.1 Å². The van der Waals surface area contributed by atoms with Crippen LogP contribution in [0.3, 0.4) is 0 Å². The van der Waals surface area contributed by atoms with E-state index in [2.05, 4.69) is 15.0 Å². The second-order valence-electron chi connectivity index (χ2n) is 4.13. The molecule has 0 radical (unpaired) electrons. The summed E-state index contributed by atoms with van der Waals surface area (Å²) in [5.41, 5.74) is 6.95. The molecule has 3 rings (SSSR count). The molecule has 0 saturated heterocycles. The zero-order valence-electron chi connectivity index (χ0n) is 10.2. The van der Waals surface area contributed by atoms with Gasteiger partial charge in [-0.15, -0.1) is 0 Å².